The van der Waals surface area contributed by atoms with Gasteiger partial charge in [0.1, 0.15) is 6.04 Å². The summed E-state index contributed by atoms with van der Waals surface area (Å²) in [4.78, 5) is 35.6. The molecule has 3 atom stereocenters. The minimum Gasteiger partial charge on any atom is -0.480 e. The number of hydrogen-bond acceptors (Lipinski definition) is 3. The number of likely N-dealkylation sites (tertiary alicyclic amines) is 1. The largest absolute Gasteiger partial charge is 0.480 e. The van der Waals surface area contributed by atoms with Crippen molar-refractivity contribution in [1.29, 1.82) is 0 Å². The molecule has 7 nitrogen and oxygen atoms in total. The molecule has 1 aliphatic carbocycles. The maximum atomic E-state index is 12.1. The van der Waals surface area contributed by atoms with Gasteiger partial charge in [0.15, 0.2) is 0 Å². The average molecular weight is 297 g/mol. The number of nitrogens with two attached hydrogens (primary N) is 1. The number of carbonyl (C=O) groups excluding carboxylic acids is 2. The third-order valence-electron chi connectivity index (χ3n) is 4.53. The van der Waals surface area contributed by atoms with Crippen LogP contribution in [0.1, 0.15) is 38.5 Å². The van der Waals surface area contributed by atoms with Gasteiger partial charge in [0.05, 0.1) is 0 Å². The number of nitrogens with one attached hydrogen (secondary N) is 1. The lowest BCUT2D eigenvalue weighted by Crippen LogP contribution is -2.48. The van der Waals surface area contributed by atoms with Crippen LogP contribution < -0.4 is 11.1 Å². The fourth-order valence-electron chi connectivity index (χ4n) is 3.55. The minimum atomic E-state index is -0.909. The molecule has 0 spiro atoms. The monoisotopic (exact) mass is 297 g/mol. The molecule has 3 amide bonds. The molecule has 1 saturated carbocycles. The van der Waals surface area contributed by atoms with Crippen molar-refractivity contribution in [2.45, 2.75) is 44.6 Å². The van der Waals surface area contributed by atoms with Gasteiger partial charge >= 0.3 is 12.0 Å². The van der Waals surface area contributed by atoms with Gasteiger partial charge in [-0.3, -0.25) is 4.79 Å². The van der Waals surface area contributed by atoms with Crippen LogP contribution in [0.3, 0.4) is 0 Å². The van der Waals surface area contributed by atoms with E-state index < -0.39 is 12.0 Å². The van der Waals surface area contributed by atoms with Crippen molar-refractivity contribution >= 4 is 17.9 Å². The Balaban J connectivity index is 1.81. The van der Waals surface area contributed by atoms with Crippen molar-refractivity contribution in [2.24, 2.45) is 17.6 Å². The van der Waals surface area contributed by atoms with Crippen LogP contribution in [0, 0.1) is 11.8 Å². The topological polar surface area (TPSA) is 113 Å². The zero-order valence-corrected chi connectivity index (χ0v) is 12.1. The smallest absolute Gasteiger partial charge is 0.326 e. The average Bonchev–Trinajstić information content (AvgIpc) is 2.96. The lowest BCUT2D eigenvalue weighted by atomic mass is 9.94. The summed E-state index contributed by atoms with van der Waals surface area (Å²) < 4.78 is 0. The second-order valence-electron chi connectivity index (χ2n) is 5.95. The number of carboxylic acid groups (broad SMARTS) is 1. The van der Waals surface area contributed by atoms with Gasteiger partial charge in [-0.1, -0.05) is 6.42 Å². The van der Waals surface area contributed by atoms with E-state index in [9.17, 15) is 19.5 Å². The molecular weight excluding hydrogens is 274 g/mol. The molecule has 1 saturated heterocycles. The molecule has 2 fully saturated rings. The van der Waals surface area contributed by atoms with Crippen molar-refractivity contribution in [2.75, 3.05) is 13.1 Å². The molecule has 21 heavy (non-hydrogen) atoms. The highest BCUT2D eigenvalue weighted by atomic mass is 16.4. The van der Waals surface area contributed by atoms with Gasteiger partial charge in [-0.15, -0.1) is 0 Å². The SMILES string of the molecule is NC(=O)CCCCNC(=O)N1CC2CCCC2C1C(=O)O. The molecule has 1 heterocycles. The molecule has 7 heteroatoms. The van der Waals surface area contributed by atoms with Gasteiger partial charge in [-0.2, -0.15) is 0 Å². The zero-order valence-electron chi connectivity index (χ0n) is 12.1. The lowest BCUT2D eigenvalue weighted by Gasteiger charge is -2.24. The summed E-state index contributed by atoms with van der Waals surface area (Å²) in [5.74, 6) is -0.831. The number of rotatable bonds is 6. The highest BCUT2D eigenvalue weighted by Crippen LogP contribution is 2.42. The number of fused-ring (bicyclic) bond motifs is 1. The summed E-state index contributed by atoms with van der Waals surface area (Å²) in [7, 11) is 0. The molecule has 0 aromatic carbocycles. The highest BCUT2D eigenvalue weighted by Gasteiger charge is 2.49. The van der Waals surface area contributed by atoms with E-state index in [4.69, 9.17) is 5.73 Å². The van der Waals surface area contributed by atoms with Gasteiger partial charge in [-0.25, -0.2) is 9.59 Å². The molecule has 3 unspecified atom stereocenters. The van der Waals surface area contributed by atoms with Crippen LogP contribution in [0.4, 0.5) is 4.79 Å². The van der Waals surface area contributed by atoms with Crippen molar-refractivity contribution < 1.29 is 19.5 Å². The molecule has 2 rings (SSSR count). The Hall–Kier alpha value is -1.79. The lowest BCUT2D eigenvalue weighted by molar-refractivity contribution is -0.142. The summed E-state index contributed by atoms with van der Waals surface area (Å²) in [6, 6.07) is -1.00. The van der Waals surface area contributed by atoms with Crippen LogP contribution in [0.5, 0.6) is 0 Å². The Bertz CT molecular complexity index is 426. The van der Waals surface area contributed by atoms with Crippen LogP contribution in [0.2, 0.25) is 0 Å². The molecule has 0 aromatic heterocycles. The van der Waals surface area contributed by atoms with Crippen LogP contribution in [-0.4, -0.2) is 47.0 Å². The van der Waals surface area contributed by atoms with E-state index in [2.05, 4.69) is 5.32 Å². The summed E-state index contributed by atoms with van der Waals surface area (Å²) in [5, 5.41) is 12.1. The van der Waals surface area contributed by atoms with Gasteiger partial charge in [0.25, 0.3) is 0 Å². The Kier molecular flexibility index (Phi) is 5.03. The summed E-state index contributed by atoms with van der Waals surface area (Å²) in [5.41, 5.74) is 5.04. The summed E-state index contributed by atoms with van der Waals surface area (Å²) in [6.45, 7) is 0.971. The van der Waals surface area contributed by atoms with Crippen LogP contribution >= 0.6 is 0 Å². The molecule has 1 aliphatic heterocycles. The fourth-order valence-corrected chi connectivity index (χ4v) is 3.55. The number of nitrogens with zero attached hydrogens (tertiary/aromatic N) is 1. The molecular formula is C14H23N3O4. The summed E-state index contributed by atoms with van der Waals surface area (Å²) in [6.07, 6.45) is 4.56. The van der Waals surface area contributed by atoms with Gasteiger partial charge < -0.3 is 21.1 Å². The highest BCUT2D eigenvalue weighted by molar-refractivity contribution is 5.83. The van der Waals surface area contributed by atoms with Crippen molar-refractivity contribution in [3.8, 4) is 0 Å². The second-order valence-corrected chi connectivity index (χ2v) is 5.95. The number of amides is 3. The molecule has 0 aromatic rings. The molecule has 118 valence electrons. The Morgan fingerprint density at radius 3 is 2.67 bits per heavy atom. The summed E-state index contributed by atoms with van der Waals surface area (Å²) >= 11 is 0. The minimum absolute atomic E-state index is 0.100. The third kappa shape index (κ3) is 3.65. The maximum absolute atomic E-state index is 12.1. The number of carbonyl (C=O) groups is 3. The first-order chi connectivity index (χ1) is 10.0. The number of urea groups is 1. The van der Waals surface area contributed by atoms with E-state index in [1.54, 1.807) is 0 Å². The van der Waals surface area contributed by atoms with Gasteiger partial charge in [-0.05, 0) is 37.5 Å². The Morgan fingerprint density at radius 2 is 2.00 bits per heavy atom. The van der Waals surface area contributed by atoms with E-state index in [1.807, 2.05) is 0 Å². The first kappa shape index (κ1) is 15.6. The van der Waals surface area contributed by atoms with E-state index in [0.717, 1.165) is 19.3 Å². The van der Waals surface area contributed by atoms with Crippen molar-refractivity contribution in [1.82, 2.24) is 10.2 Å². The number of primary amides is 1. The maximum Gasteiger partial charge on any atom is 0.326 e. The van der Waals surface area contributed by atoms with Crippen LogP contribution in [0.25, 0.3) is 0 Å². The van der Waals surface area contributed by atoms with Crippen LogP contribution in [0.15, 0.2) is 0 Å². The van der Waals surface area contributed by atoms with Crippen molar-refractivity contribution in [3.05, 3.63) is 0 Å². The fraction of sp³-hybridized carbons (Fsp3) is 0.786. The third-order valence-corrected chi connectivity index (χ3v) is 4.53. The zero-order chi connectivity index (χ0) is 15.4. The number of carboxylic acids is 1. The number of aliphatic carboxylic acids is 1. The van der Waals surface area contributed by atoms with Crippen LogP contribution in [-0.2, 0) is 9.59 Å². The Morgan fingerprint density at radius 1 is 1.24 bits per heavy atom. The first-order valence-electron chi connectivity index (χ1n) is 7.56. The molecule has 4 N–H and O–H groups in total. The van der Waals surface area contributed by atoms with E-state index in [1.165, 1.54) is 4.90 Å². The Labute approximate surface area is 123 Å². The van der Waals surface area contributed by atoms with Gasteiger partial charge in [0.2, 0.25) is 5.91 Å². The second kappa shape index (κ2) is 6.78. The van der Waals surface area contributed by atoms with Crippen molar-refractivity contribution in [3.63, 3.8) is 0 Å². The standard InChI is InChI=1S/C14H23N3O4/c15-11(18)6-1-2-7-16-14(21)17-8-9-4-3-5-10(9)12(17)13(19)20/h9-10,12H,1-8H2,(H2,15,18)(H,16,21)(H,19,20). The predicted molar refractivity (Wildman–Crippen MR) is 75.4 cm³/mol. The van der Waals surface area contributed by atoms with E-state index >= 15 is 0 Å². The molecule has 2 aliphatic rings. The number of hydrogen-bond donors (Lipinski definition) is 3. The van der Waals surface area contributed by atoms with E-state index in [-0.39, 0.29) is 17.9 Å². The normalized spacial score (nSPS) is 27.4. The van der Waals surface area contributed by atoms with Gasteiger partial charge in [0, 0.05) is 19.5 Å². The quantitative estimate of drug-likeness (QED) is 0.621. The first-order valence-corrected chi connectivity index (χ1v) is 7.56. The predicted octanol–water partition coefficient (Wildman–Crippen LogP) is 0.537. The number of unbranched alkanes of at least 4 members (excludes halogenated alkanes) is 1. The van der Waals surface area contributed by atoms with E-state index in [0.29, 0.717) is 38.3 Å². The molecule has 0 radical (unpaired) electrons. The molecule has 0 bridgehead atoms.